The minimum atomic E-state index is -0.864. The second-order valence-electron chi connectivity index (χ2n) is 7.42. The van der Waals surface area contributed by atoms with E-state index in [1.165, 1.54) is 24.6 Å². The molecule has 9 nitrogen and oxygen atoms in total. The van der Waals surface area contributed by atoms with Gasteiger partial charge in [-0.25, -0.2) is 4.98 Å². The Labute approximate surface area is 173 Å². The lowest BCUT2D eigenvalue weighted by atomic mass is 9.92. The molecule has 0 saturated carbocycles. The summed E-state index contributed by atoms with van der Waals surface area (Å²) in [5.74, 6) is 0.0168. The van der Waals surface area contributed by atoms with Crippen molar-refractivity contribution < 1.29 is 4.79 Å². The van der Waals surface area contributed by atoms with Gasteiger partial charge in [0, 0.05) is 25.0 Å². The molecular weight excluding hydrogens is 382 g/mol. The van der Waals surface area contributed by atoms with Crippen LogP contribution in [0.2, 0.25) is 0 Å². The third-order valence-electron chi connectivity index (χ3n) is 5.54. The van der Waals surface area contributed by atoms with Crippen molar-refractivity contribution >= 4 is 34.4 Å². The van der Waals surface area contributed by atoms with E-state index in [1.807, 2.05) is 19.1 Å². The summed E-state index contributed by atoms with van der Waals surface area (Å²) >= 11 is 0. The lowest BCUT2D eigenvalue weighted by Gasteiger charge is -2.23. The summed E-state index contributed by atoms with van der Waals surface area (Å²) in [4.78, 5) is 33.0. The van der Waals surface area contributed by atoms with Crippen molar-refractivity contribution in [1.29, 1.82) is 0 Å². The van der Waals surface area contributed by atoms with E-state index in [2.05, 4.69) is 32.7 Å². The summed E-state index contributed by atoms with van der Waals surface area (Å²) in [5.41, 5.74) is 13.1. The molecule has 30 heavy (non-hydrogen) atoms. The van der Waals surface area contributed by atoms with Gasteiger partial charge in [-0.3, -0.25) is 9.59 Å². The number of aryl methyl sites for hydroxylation is 1. The van der Waals surface area contributed by atoms with Crippen molar-refractivity contribution in [3.63, 3.8) is 0 Å². The Hall–Kier alpha value is -3.46. The van der Waals surface area contributed by atoms with E-state index in [4.69, 9.17) is 11.5 Å². The SMILES string of the molecule is CCn1c(N)c(C(N)=O)c(=O)c2cnc(Nc3ccc(C4CCCNC4)cc3)nc21. The number of nitrogens with one attached hydrogen (secondary N) is 2. The standard InChI is InChI=1S/C21H25N7O2/c1-2-28-18(22)16(19(23)30)17(29)15-11-25-21(27-20(15)28)26-14-7-5-12(6-8-14)13-4-3-9-24-10-13/h5-8,11,13,24H,2-4,9-10,22H2,1H3,(H2,23,30)(H,25,26,27). The molecule has 2 aromatic heterocycles. The van der Waals surface area contributed by atoms with Crippen LogP contribution in [0.4, 0.5) is 17.5 Å². The average Bonchev–Trinajstić information content (AvgIpc) is 2.75. The van der Waals surface area contributed by atoms with Crippen molar-refractivity contribution in [1.82, 2.24) is 19.9 Å². The molecule has 1 amide bonds. The van der Waals surface area contributed by atoms with E-state index in [9.17, 15) is 9.59 Å². The first-order valence-corrected chi connectivity index (χ1v) is 10.1. The van der Waals surface area contributed by atoms with Gasteiger partial charge in [0.2, 0.25) is 11.4 Å². The Morgan fingerprint density at radius 1 is 1.33 bits per heavy atom. The van der Waals surface area contributed by atoms with Gasteiger partial charge >= 0.3 is 0 Å². The molecule has 3 aromatic rings. The third kappa shape index (κ3) is 3.59. The number of fused-ring (bicyclic) bond motifs is 1. The summed E-state index contributed by atoms with van der Waals surface area (Å²) in [6, 6.07) is 8.21. The van der Waals surface area contributed by atoms with Crippen LogP contribution in [0.5, 0.6) is 0 Å². The van der Waals surface area contributed by atoms with Crippen molar-refractivity contribution in [3.05, 3.63) is 51.8 Å². The minimum Gasteiger partial charge on any atom is -0.384 e. The zero-order valence-corrected chi connectivity index (χ0v) is 16.8. The molecule has 4 rings (SSSR count). The molecule has 9 heteroatoms. The van der Waals surface area contributed by atoms with E-state index in [0.29, 0.717) is 24.1 Å². The maximum atomic E-state index is 12.6. The molecule has 0 spiro atoms. The number of anilines is 3. The number of amides is 1. The van der Waals surface area contributed by atoms with Crippen LogP contribution < -0.4 is 27.5 Å². The Kier molecular flexibility index (Phi) is 5.37. The number of primary amides is 1. The molecular formula is C21H25N7O2. The molecule has 156 valence electrons. The number of nitrogens with zero attached hydrogens (tertiary/aromatic N) is 3. The molecule has 1 atom stereocenters. The molecule has 0 radical (unpaired) electrons. The molecule has 6 N–H and O–H groups in total. The van der Waals surface area contributed by atoms with Gasteiger partial charge in [-0.15, -0.1) is 0 Å². The maximum Gasteiger partial charge on any atom is 0.256 e. The zero-order valence-electron chi connectivity index (χ0n) is 16.8. The predicted molar refractivity (Wildman–Crippen MR) is 117 cm³/mol. The van der Waals surface area contributed by atoms with E-state index in [0.717, 1.165) is 18.8 Å². The molecule has 3 heterocycles. The van der Waals surface area contributed by atoms with Crippen LogP contribution in [0.1, 0.15) is 41.6 Å². The van der Waals surface area contributed by atoms with E-state index in [-0.39, 0.29) is 16.8 Å². The summed E-state index contributed by atoms with van der Waals surface area (Å²) in [6.45, 7) is 4.36. The summed E-state index contributed by atoms with van der Waals surface area (Å²) in [5, 5.41) is 6.80. The number of pyridine rings is 1. The van der Waals surface area contributed by atoms with Gasteiger partial charge in [-0.2, -0.15) is 4.98 Å². The average molecular weight is 407 g/mol. The molecule has 1 unspecified atom stereocenters. The number of benzene rings is 1. The number of piperidine rings is 1. The minimum absolute atomic E-state index is 0.0117. The number of carbonyl (C=O) groups excluding carboxylic acids is 1. The Morgan fingerprint density at radius 3 is 2.73 bits per heavy atom. The van der Waals surface area contributed by atoms with Gasteiger partial charge in [0.25, 0.3) is 5.91 Å². The first-order chi connectivity index (χ1) is 14.5. The van der Waals surface area contributed by atoms with Crippen LogP contribution in [0.25, 0.3) is 11.0 Å². The second-order valence-corrected chi connectivity index (χ2v) is 7.42. The number of aromatic nitrogens is 3. The fourth-order valence-corrected chi connectivity index (χ4v) is 3.96. The first-order valence-electron chi connectivity index (χ1n) is 10.1. The van der Waals surface area contributed by atoms with Gasteiger partial charge in [-0.1, -0.05) is 12.1 Å². The van der Waals surface area contributed by atoms with E-state index in [1.54, 1.807) is 4.57 Å². The van der Waals surface area contributed by atoms with Gasteiger partial charge in [0.1, 0.15) is 11.4 Å². The summed E-state index contributed by atoms with van der Waals surface area (Å²) < 4.78 is 1.59. The Morgan fingerprint density at radius 2 is 2.10 bits per heavy atom. The molecule has 1 aliphatic heterocycles. The number of rotatable bonds is 5. The van der Waals surface area contributed by atoms with Crippen molar-refractivity contribution in [3.8, 4) is 0 Å². The highest BCUT2D eigenvalue weighted by atomic mass is 16.2. The Bertz CT molecular complexity index is 1150. The summed E-state index contributed by atoms with van der Waals surface area (Å²) in [7, 11) is 0. The third-order valence-corrected chi connectivity index (χ3v) is 5.54. The molecule has 1 saturated heterocycles. The molecule has 1 fully saturated rings. The number of nitrogens with two attached hydrogens (primary N) is 2. The zero-order chi connectivity index (χ0) is 21.3. The smallest absolute Gasteiger partial charge is 0.256 e. The van der Waals surface area contributed by atoms with Crippen molar-refractivity contribution in [2.45, 2.75) is 32.2 Å². The van der Waals surface area contributed by atoms with Gasteiger partial charge in [-0.05, 0) is 49.9 Å². The number of hydrogen-bond acceptors (Lipinski definition) is 7. The maximum absolute atomic E-state index is 12.6. The Balaban J connectivity index is 1.66. The van der Waals surface area contributed by atoms with Crippen LogP contribution in [-0.4, -0.2) is 33.5 Å². The predicted octanol–water partition coefficient (Wildman–Crippen LogP) is 1.70. The van der Waals surface area contributed by atoms with Crippen LogP contribution >= 0.6 is 0 Å². The normalized spacial score (nSPS) is 16.5. The van der Waals surface area contributed by atoms with Crippen LogP contribution in [0, 0.1) is 0 Å². The van der Waals surface area contributed by atoms with Gasteiger partial charge in [0.15, 0.2) is 5.65 Å². The second kappa shape index (κ2) is 8.11. The highest BCUT2D eigenvalue weighted by Crippen LogP contribution is 2.25. The quantitative estimate of drug-likeness (QED) is 0.504. The monoisotopic (exact) mass is 407 g/mol. The molecule has 1 aliphatic rings. The van der Waals surface area contributed by atoms with E-state index >= 15 is 0 Å². The van der Waals surface area contributed by atoms with Gasteiger partial charge < -0.3 is 26.7 Å². The van der Waals surface area contributed by atoms with Crippen LogP contribution in [0.3, 0.4) is 0 Å². The number of hydrogen-bond donors (Lipinski definition) is 4. The van der Waals surface area contributed by atoms with Crippen molar-refractivity contribution in [2.75, 3.05) is 24.1 Å². The number of carbonyl (C=O) groups is 1. The number of nitrogen functional groups attached to an aromatic ring is 1. The summed E-state index contributed by atoms with van der Waals surface area (Å²) in [6.07, 6.45) is 3.78. The molecule has 1 aromatic carbocycles. The van der Waals surface area contributed by atoms with Crippen molar-refractivity contribution in [2.24, 2.45) is 5.73 Å². The highest BCUT2D eigenvalue weighted by Gasteiger charge is 2.20. The highest BCUT2D eigenvalue weighted by molar-refractivity contribution is 6.00. The lowest BCUT2D eigenvalue weighted by molar-refractivity contribution is 0.1000. The molecule has 0 bridgehead atoms. The largest absolute Gasteiger partial charge is 0.384 e. The topological polar surface area (TPSA) is 141 Å². The van der Waals surface area contributed by atoms with Crippen LogP contribution in [0.15, 0.2) is 35.3 Å². The fourth-order valence-electron chi connectivity index (χ4n) is 3.96. The lowest BCUT2D eigenvalue weighted by Crippen LogP contribution is -2.28. The van der Waals surface area contributed by atoms with Crippen LogP contribution in [-0.2, 0) is 6.54 Å². The first kappa shape index (κ1) is 19.8. The molecule has 0 aliphatic carbocycles. The van der Waals surface area contributed by atoms with Gasteiger partial charge in [0.05, 0.1) is 5.39 Å². The van der Waals surface area contributed by atoms with E-state index < -0.39 is 11.3 Å². The fraction of sp³-hybridized carbons (Fsp3) is 0.333.